The third-order valence-electron chi connectivity index (χ3n) is 3.42. The summed E-state index contributed by atoms with van der Waals surface area (Å²) >= 11 is 1.41. The summed E-state index contributed by atoms with van der Waals surface area (Å²) in [7, 11) is 0. The Morgan fingerprint density at radius 3 is 2.83 bits per heavy atom. The Kier molecular flexibility index (Phi) is 2.70. The van der Waals surface area contributed by atoms with E-state index in [9.17, 15) is 4.79 Å². The number of fused-ring (bicyclic) bond motifs is 1. The Morgan fingerprint density at radius 1 is 1.44 bits per heavy atom. The van der Waals surface area contributed by atoms with Crippen LogP contribution in [0.1, 0.15) is 28.1 Å². The van der Waals surface area contributed by atoms with Crippen molar-refractivity contribution in [2.45, 2.75) is 19.8 Å². The summed E-state index contributed by atoms with van der Waals surface area (Å²) in [5.74, 6) is 0.0624. The maximum atomic E-state index is 12.4. The number of nitrogen functional groups attached to an aromatic ring is 1. The van der Waals surface area contributed by atoms with Gasteiger partial charge in [0.2, 0.25) is 0 Å². The molecule has 1 aliphatic heterocycles. The molecule has 2 aromatic rings. The molecule has 1 saturated heterocycles. The van der Waals surface area contributed by atoms with E-state index in [2.05, 4.69) is 4.98 Å². The molecule has 0 aliphatic carbocycles. The SMILES string of the molecule is Cc1ccnc2sc(C(=O)N3CCCC3)c(N)c12. The summed E-state index contributed by atoms with van der Waals surface area (Å²) < 4.78 is 0. The predicted octanol–water partition coefficient (Wildman–Crippen LogP) is 2.42. The lowest BCUT2D eigenvalue weighted by Gasteiger charge is -2.14. The number of rotatable bonds is 1. The molecule has 0 radical (unpaired) electrons. The van der Waals surface area contributed by atoms with Crippen LogP contribution in [-0.4, -0.2) is 28.9 Å². The number of nitrogens with zero attached hydrogens (tertiary/aromatic N) is 2. The average molecular weight is 261 g/mol. The largest absolute Gasteiger partial charge is 0.397 e. The van der Waals surface area contributed by atoms with Gasteiger partial charge in [0.15, 0.2) is 0 Å². The van der Waals surface area contributed by atoms with E-state index in [1.807, 2.05) is 17.9 Å². The van der Waals surface area contributed by atoms with Crippen LogP contribution in [0.15, 0.2) is 12.3 Å². The second-order valence-corrected chi connectivity index (χ2v) is 5.65. The first-order valence-electron chi connectivity index (χ1n) is 6.11. The number of thiophene rings is 1. The molecule has 5 heteroatoms. The summed E-state index contributed by atoms with van der Waals surface area (Å²) in [4.78, 5) is 20.1. The van der Waals surface area contributed by atoms with Crippen molar-refractivity contribution in [1.82, 2.24) is 9.88 Å². The Labute approximate surface area is 109 Å². The Hall–Kier alpha value is -1.62. The van der Waals surface area contributed by atoms with Crippen molar-refractivity contribution in [2.24, 2.45) is 0 Å². The van der Waals surface area contributed by atoms with Crippen LogP contribution in [0, 0.1) is 6.92 Å². The van der Waals surface area contributed by atoms with E-state index >= 15 is 0 Å². The minimum Gasteiger partial charge on any atom is -0.397 e. The summed E-state index contributed by atoms with van der Waals surface area (Å²) in [6.45, 7) is 3.69. The van der Waals surface area contributed by atoms with Crippen molar-refractivity contribution in [3.63, 3.8) is 0 Å². The quantitative estimate of drug-likeness (QED) is 0.857. The highest BCUT2D eigenvalue weighted by molar-refractivity contribution is 7.21. The first-order valence-corrected chi connectivity index (χ1v) is 6.93. The van der Waals surface area contributed by atoms with Gasteiger partial charge in [-0.25, -0.2) is 4.98 Å². The van der Waals surface area contributed by atoms with Gasteiger partial charge in [-0.2, -0.15) is 0 Å². The number of aryl methyl sites for hydroxylation is 1. The third kappa shape index (κ3) is 1.66. The van der Waals surface area contributed by atoms with Gasteiger partial charge in [-0.15, -0.1) is 11.3 Å². The molecular weight excluding hydrogens is 246 g/mol. The zero-order valence-electron chi connectivity index (χ0n) is 10.3. The van der Waals surface area contributed by atoms with Crippen LogP contribution in [0.25, 0.3) is 10.2 Å². The molecule has 0 unspecified atom stereocenters. The number of amides is 1. The fourth-order valence-electron chi connectivity index (χ4n) is 2.43. The molecule has 1 fully saturated rings. The van der Waals surface area contributed by atoms with Gasteiger partial charge >= 0.3 is 0 Å². The number of aromatic nitrogens is 1. The zero-order chi connectivity index (χ0) is 12.7. The van der Waals surface area contributed by atoms with E-state index in [1.165, 1.54) is 11.3 Å². The first kappa shape index (κ1) is 11.5. The highest BCUT2D eigenvalue weighted by atomic mass is 32.1. The molecule has 2 N–H and O–H groups in total. The van der Waals surface area contributed by atoms with E-state index in [0.717, 1.165) is 41.7 Å². The molecule has 3 heterocycles. The van der Waals surface area contributed by atoms with E-state index in [4.69, 9.17) is 5.73 Å². The average Bonchev–Trinajstić information content (AvgIpc) is 2.97. The lowest BCUT2D eigenvalue weighted by atomic mass is 10.1. The molecule has 2 aromatic heterocycles. The van der Waals surface area contributed by atoms with Crippen molar-refractivity contribution < 1.29 is 4.79 Å². The van der Waals surface area contributed by atoms with Crippen LogP contribution in [0.4, 0.5) is 5.69 Å². The Morgan fingerprint density at radius 2 is 2.17 bits per heavy atom. The molecule has 4 nitrogen and oxygen atoms in total. The number of carbonyl (C=O) groups is 1. The molecule has 1 aliphatic rings. The summed E-state index contributed by atoms with van der Waals surface area (Å²) in [6.07, 6.45) is 3.94. The van der Waals surface area contributed by atoms with E-state index in [1.54, 1.807) is 6.20 Å². The number of hydrogen-bond donors (Lipinski definition) is 1. The standard InChI is InChI=1S/C13H15N3OS/c1-8-4-5-15-12-9(8)10(14)11(18-12)13(17)16-6-2-3-7-16/h4-5H,2-3,6-7,14H2,1H3. The van der Waals surface area contributed by atoms with Crippen molar-refractivity contribution in [2.75, 3.05) is 18.8 Å². The van der Waals surface area contributed by atoms with Crippen LogP contribution in [-0.2, 0) is 0 Å². The molecule has 94 valence electrons. The number of likely N-dealkylation sites (tertiary alicyclic amines) is 1. The minimum absolute atomic E-state index is 0.0624. The fourth-order valence-corrected chi connectivity index (χ4v) is 3.53. The topological polar surface area (TPSA) is 59.2 Å². The van der Waals surface area contributed by atoms with Gasteiger partial charge in [-0.1, -0.05) is 0 Å². The maximum Gasteiger partial charge on any atom is 0.266 e. The normalized spacial score (nSPS) is 15.5. The van der Waals surface area contributed by atoms with Gasteiger partial charge in [0, 0.05) is 24.7 Å². The van der Waals surface area contributed by atoms with Gasteiger partial charge < -0.3 is 10.6 Å². The van der Waals surface area contributed by atoms with Crippen LogP contribution in [0.3, 0.4) is 0 Å². The minimum atomic E-state index is 0.0624. The molecule has 0 bridgehead atoms. The number of hydrogen-bond acceptors (Lipinski definition) is 4. The Balaban J connectivity index is 2.09. The van der Waals surface area contributed by atoms with Crippen LogP contribution in [0.2, 0.25) is 0 Å². The molecule has 3 rings (SSSR count). The lowest BCUT2D eigenvalue weighted by molar-refractivity contribution is 0.0798. The smallest absolute Gasteiger partial charge is 0.266 e. The van der Waals surface area contributed by atoms with Crippen LogP contribution < -0.4 is 5.73 Å². The van der Waals surface area contributed by atoms with Crippen molar-refractivity contribution in [3.05, 3.63) is 22.7 Å². The monoisotopic (exact) mass is 261 g/mol. The fraction of sp³-hybridized carbons (Fsp3) is 0.385. The predicted molar refractivity (Wildman–Crippen MR) is 73.9 cm³/mol. The van der Waals surface area contributed by atoms with E-state index in [-0.39, 0.29) is 5.91 Å². The van der Waals surface area contributed by atoms with Gasteiger partial charge in [0.25, 0.3) is 5.91 Å². The van der Waals surface area contributed by atoms with Gasteiger partial charge in [-0.3, -0.25) is 4.79 Å². The first-order chi connectivity index (χ1) is 8.68. The van der Waals surface area contributed by atoms with Crippen molar-refractivity contribution >= 4 is 33.1 Å². The number of anilines is 1. The zero-order valence-corrected chi connectivity index (χ0v) is 11.1. The highest BCUT2D eigenvalue weighted by Crippen LogP contribution is 2.35. The summed E-state index contributed by atoms with van der Waals surface area (Å²) in [5.41, 5.74) is 7.80. The highest BCUT2D eigenvalue weighted by Gasteiger charge is 2.25. The van der Waals surface area contributed by atoms with Crippen molar-refractivity contribution in [1.29, 1.82) is 0 Å². The third-order valence-corrected chi connectivity index (χ3v) is 4.53. The van der Waals surface area contributed by atoms with Gasteiger partial charge in [0.05, 0.1) is 5.69 Å². The van der Waals surface area contributed by atoms with Crippen LogP contribution >= 0.6 is 11.3 Å². The lowest BCUT2D eigenvalue weighted by Crippen LogP contribution is -2.27. The van der Waals surface area contributed by atoms with Gasteiger partial charge in [0.1, 0.15) is 9.71 Å². The number of nitrogens with two attached hydrogens (primary N) is 1. The maximum absolute atomic E-state index is 12.4. The molecule has 18 heavy (non-hydrogen) atoms. The van der Waals surface area contributed by atoms with E-state index in [0.29, 0.717) is 10.6 Å². The molecule has 0 spiro atoms. The van der Waals surface area contributed by atoms with Crippen LogP contribution in [0.5, 0.6) is 0 Å². The van der Waals surface area contributed by atoms with E-state index < -0.39 is 0 Å². The molecule has 1 amide bonds. The second kappa shape index (κ2) is 4.24. The molecular formula is C13H15N3OS. The number of pyridine rings is 1. The van der Waals surface area contributed by atoms with Gasteiger partial charge in [-0.05, 0) is 31.4 Å². The summed E-state index contributed by atoms with van der Waals surface area (Å²) in [6, 6.07) is 1.93. The molecule has 0 atom stereocenters. The molecule has 0 aromatic carbocycles. The number of carbonyl (C=O) groups excluding carboxylic acids is 1. The molecule has 0 saturated carbocycles. The van der Waals surface area contributed by atoms with Crippen molar-refractivity contribution in [3.8, 4) is 0 Å². The second-order valence-electron chi connectivity index (χ2n) is 4.65. The summed E-state index contributed by atoms with van der Waals surface area (Å²) in [5, 5.41) is 0.935. The Bertz CT molecular complexity index is 614.